The van der Waals surface area contributed by atoms with Crippen LogP contribution in [-0.4, -0.2) is 15.4 Å². The fourth-order valence-electron chi connectivity index (χ4n) is 2.18. The smallest absolute Gasteiger partial charge is 0.417 e. The van der Waals surface area contributed by atoms with Crippen LogP contribution in [0.25, 0.3) is 16.9 Å². The number of carbonyl (C=O) groups excluding carboxylic acids is 1. The van der Waals surface area contributed by atoms with E-state index in [0.717, 1.165) is 12.3 Å². The van der Waals surface area contributed by atoms with Gasteiger partial charge in [0.1, 0.15) is 11.4 Å². The van der Waals surface area contributed by atoms with E-state index in [0.29, 0.717) is 22.7 Å². The Bertz CT molecular complexity index is 884. The maximum Gasteiger partial charge on any atom is 0.417 e. The summed E-state index contributed by atoms with van der Waals surface area (Å²) < 4.78 is 44.5. The third-order valence-electron chi connectivity index (χ3n) is 3.17. The van der Waals surface area contributed by atoms with Crippen LogP contribution in [0.15, 0.2) is 48.8 Å². The van der Waals surface area contributed by atoms with Crippen molar-refractivity contribution in [3.05, 3.63) is 54.4 Å². The molecule has 3 rings (SSSR count). The second kappa shape index (κ2) is 5.42. The molecule has 1 aromatic carbocycles. The van der Waals surface area contributed by atoms with Crippen molar-refractivity contribution >= 4 is 11.6 Å². The lowest BCUT2D eigenvalue weighted by molar-refractivity contribution is -0.138. The van der Waals surface area contributed by atoms with Gasteiger partial charge in [-0.1, -0.05) is 12.1 Å². The van der Waals surface area contributed by atoms with Gasteiger partial charge in [-0.05, 0) is 24.3 Å². The minimum absolute atomic E-state index is 0.350. The molecule has 0 fully saturated rings. The number of esters is 1. The average Bonchev–Trinajstić information content (AvgIpc) is 2.89. The summed E-state index contributed by atoms with van der Waals surface area (Å²) >= 11 is 0. The van der Waals surface area contributed by atoms with E-state index in [-0.39, 0.29) is 0 Å². The molecule has 0 unspecified atom stereocenters. The molecule has 0 radical (unpaired) electrons. The van der Waals surface area contributed by atoms with Crippen LogP contribution in [0.3, 0.4) is 0 Å². The second-order valence-electron chi connectivity index (χ2n) is 4.93. The topological polar surface area (TPSA) is 43.6 Å². The Labute approximate surface area is 129 Å². The summed E-state index contributed by atoms with van der Waals surface area (Å²) in [7, 11) is 0. The number of halogens is 3. The molecule has 0 aliphatic rings. The molecule has 0 atom stereocenters. The molecule has 0 N–H and O–H groups in total. The van der Waals surface area contributed by atoms with Crippen LogP contribution < -0.4 is 4.74 Å². The Hall–Kier alpha value is -2.83. The van der Waals surface area contributed by atoms with Crippen LogP contribution in [0, 0.1) is 0 Å². The van der Waals surface area contributed by atoms with Crippen LogP contribution in [0.5, 0.6) is 5.75 Å². The quantitative estimate of drug-likeness (QED) is 0.530. The molecule has 118 valence electrons. The maximum atomic E-state index is 12.7. The van der Waals surface area contributed by atoms with Crippen molar-refractivity contribution in [2.75, 3.05) is 0 Å². The van der Waals surface area contributed by atoms with Crippen LogP contribution >= 0.6 is 0 Å². The Morgan fingerprint density at radius 1 is 1.17 bits per heavy atom. The van der Waals surface area contributed by atoms with Crippen molar-refractivity contribution in [3.8, 4) is 17.0 Å². The van der Waals surface area contributed by atoms with Crippen LogP contribution in [-0.2, 0) is 11.0 Å². The van der Waals surface area contributed by atoms with Crippen molar-refractivity contribution in [1.29, 1.82) is 0 Å². The first-order chi connectivity index (χ1) is 10.8. The number of alkyl halides is 3. The zero-order valence-electron chi connectivity index (χ0n) is 12.0. The van der Waals surface area contributed by atoms with Gasteiger partial charge in [-0.3, -0.25) is 4.79 Å². The highest BCUT2D eigenvalue weighted by molar-refractivity contribution is 5.71. The van der Waals surface area contributed by atoms with E-state index >= 15 is 0 Å². The molecule has 0 amide bonds. The third kappa shape index (κ3) is 3.18. The highest BCUT2D eigenvalue weighted by Gasteiger charge is 2.30. The summed E-state index contributed by atoms with van der Waals surface area (Å²) in [6.45, 7) is 1.29. The van der Waals surface area contributed by atoms with E-state index in [1.165, 1.54) is 23.6 Å². The fourth-order valence-corrected chi connectivity index (χ4v) is 2.18. The number of imidazole rings is 1. The number of benzene rings is 1. The molecule has 0 saturated carbocycles. The molecule has 0 spiro atoms. The van der Waals surface area contributed by atoms with E-state index < -0.39 is 17.7 Å². The highest BCUT2D eigenvalue weighted by Crippen LogP contribution is 2.30. The van der Waals surface area contributed by atoms with Gasteiger partial charge in [0.2, 0.25) is 0 Å². The number of ether oxygens (including phenoxy) is 1. The van der Waals surface area contributed by atoms with Crippen LogP contribution in [0.2, 0.25) is 0 Å². The van der Waals surface area contributed by atoms with Gasteiger partial charge < -0.3 is 9.14 Å². The molecule has 0 bridgehead atoms. The lowest BCUT2D eigenvalue weighted by atomic mass is 10.1. The molecule has 7 heteroatoms. The molecule has 2 heterocycles. The lowest BCUT2D eigenvalue weighted by Gasteiger charge is -2.05. The molecule has 2 aromatic heterocycles. The summed E-state index contributed by atoms with van der Waals surface area (Å²) in [5, 5.41) is 0. The maximum absolute atomic E-state index is 12.7. The summed E-state index contributed by atoms with van der Waals surface area (Å²) in [6.07, 6.45) is -1.92. The second-order valence-corrected chi connectivity index (χ2v) is 4.93. The molecule has 0 aliphatic carbocycles. The van der Waals surface area contributed by atoms with Crippen LogP contribution in [0.1, 0.15) is 12.5 Å². The number of nitrogens with zero attached hydrogens (tertiary/aromatic N) is 2. The summed E-state index contributed by atoms with van der Waals surface area (Å²) in [5.74, 6) is -0.102. The summed E-state index contributed by atoms with van der Waals surface area (Å²) in [4.78, 5) is 15.3. The van der Waals surface area contributed by atoms with E-state index in [1.807, 2.05) is 0 Å². The van der Waals surface area contributed by atoms with Gasteiger partial charge in [0, 0.05) is 24.9 Å². The van der Waals surface area contributed by atoms with E-state index in [4.69, 9.17) is 4.74 Å². The number of hydrogen-bond donors (Lipinski definition) is 0. The molecule has 0 saturated heterocycles. The lowest BCUT2D eigenvalue weighted by Crippen LogP contribution is -2.05. The average molecular weight is 320 g/mol. The predicted octanol–water partition coefficient (Wildman–Crippen LogP) is 3.95. The van der Waals surface area contributed by atoms with Crippen LogP contribution in [0.4, 0.5) is 13.2 Å². The van der Waals surface area contributed by atoms with Crippen molar-refractivity contribution in [1.82, 2.24) is 9.38 Å². The van der Waals surface area contributed by atoms with E-state index in [1.54, 1.807) is 24.3 Å². The molecule has 4 nitrogen and oxygen atoms in total. The van der Waals surface area contributed by atoms with E-state index in [2.05, 4.69) is 4.98 Å². The van der Waals surface area contributed by atoms with Gasteiger partial charge in [-0.15, -0.1) is 0 Å². The minimum Gasteiger partial charge on any atom is -0.427 e. The zero-order chi connectivity index (χ0) is 16.6. The van der Waals surface area contributed by atoms with Gasteiger partial charge in [-0.2, -0.15) is 13.2 Å². The van der Waals surface area contributed by atoms with E-state index in [9.17, 15) is 18.0 Å². The molecule has 3 aromatic rings. The summed E-state index contributed by atoms with van der Waals surface area (Å²) in [6, 6.07) is 8.93. The highest BCUT2D eigenvalue weighted by atomic mass is 19.4. The molecular formula is C16H11F3N2O2. The van der Waals surface area contributed by atoms with Gasteiger partial charge >= 0.3 is 12.1 Å². The van der Waals surface area contributed by atoms with Gasteiger partial charge in [-0.25, -0.2) is 4.98 Å². The SMILES string of the molecule is CC(=O)Oc1cccc(-c2cn3cc(C(F)(F)F)ccc3n2)c1. The first-order valence-electron chi connectivity index (χ1n) is 6.68. The minimum atomic E-state index is -4.41. The summed E-state index contributed by atoms with van der Waals surface area (Å²) in [5.41, 5.74) is 0.771. The zero-order valence-corrected chi connectivity index (χ0v) is 12.0. The van der Waals surface area contributed by atoms with Crippen molar-refractivity contribution < 1.29 is 22.7 Å². The number of rotatable bonds is 2. The predicted molar refractivity (Wildman–Crippen MR) is 76.9 cm³/mol. The standard InChI is InChI=1S/C16H11F3N2O2/c1-10(22)23-13-4-2-3-11(7-13)14-9-21-8-12(16(17,18)19)5-6-15(21)20-14/h2-9H,1H3. The monoisotopic (exact) mass is 320 g/mol. The number of carbonyl (C=O) groups is 1. The molecule has 0 aliphatic heterocycles. The molecular weight excluding hydrogens is 309 g/mol. The van der Waals surface area contributed by atoms with Crippen molar-refractivity contribution in [3.63, 3.8) is 0 Å². The Balaban J connectivity index is 2.02. The van der Waals surface area contributed by atoms with Gasteiger partial charge in [0.25, 0.3) is 0 Å². The Morgan fingerprint density at radius 2 is 1.96 bits per heavy atom. The Kier molecular flexibility index (Phi) is 3.55. The Morgan fingerprint density at radius 3 is 2.65 bits per heavy atom. The largest absolute Gasteiger partial charge is 0.427 e. The normalized spacial score (nSPS) is 11.7. The number of hydrogen-bond acceptors (Lipinski definition) is 3. The fraction of sp³-hybridized carbons (Fsp3) is 0.125. The number of aromatic nitrogens is 2. The number of fused-ring (bicyclic) bond motifs is 1. The van der Waals surface area contributed by atoms with Crippen molar-refractivity contribution in [2.24, 2.45) is 0 Å². The van der Waals surface area contributed by atoms with Gasteiger partial charge in [0.05, 0.1) is 11.3 Å². The van der Waals surface area contributed by atoms with Gasteiger partial charge in [0.15, 0.2) is 0 Å². The third-order valence-corrected chi connectivity index (χ3v) is 3.17. The number of pyridine rings is 1. The first kappa shape index (κ1) is 15.1. The van der Waals surface area contributed by atoms with Crippen molar-refractivity contribution in [2.45, 2.75) is 13.1 Å². The molecule has 23 heavy (non-hydrogen) atoms. The first-order valence-corrected chi connectivity index (χ1v) is 6.68.